The highest BCUT2D eigenvalue weighted by molar-refractivity contribution is 4.95. The maximum absolute atomic E-state index is 2.48. The van der Waals surface area contributed by atoms with Crippen molar-refractivity contribution in [3.63, 3.8) is 0 Å². The van der Waals surface area contributed by atoms with E-state index in [1.165, 1.54) is 19.3 Å². The fraction of sp³-hybridized carbons (Fsp3) is 1.00. The maximum Gasteiger partial charge on any atom is -0.0274 e. The van der Waals surface area contributed by atoms with Crippen LogP contribution in [0.25, 0.3) is 0 Å². The predicted octanol–water partition coefficient (Wildman–Crippen LogP) is 4.89. The fourth-order valence-electron chi connectivity index (χ4n) is 2.58. The van der Waals surface area contributed by atoms with Crippen LogP contribution in [0.15, 0.2) is 0 Å². The van der Waals surface area contributed by atoms with E-state index in [-0.39, 0.29) is 0 Å². The zero-order valence-corrected chi connectivity index (χ0v) is 11.2. The van der Waals surface area contributed by atoms with E-state index in [4.69, 9.17) is 0 Å². The summed E-state index contributed by atoms with van der Waals surface area (Å²) in [6, 6.07) is 0. The molecule has 0 nitrogen and oxygen atoms in total. The topological polar surface area (TPSA) is 0 Å². The molecule has 0 saturated heterocycles. The largest absolute Gasteiger partial charge is 0.0620 e. The molecule has 2 unspecified atom stereocenters. The van der Waals surface area contributed by atoms with Gasteiger partial charge in [-0.1, -0.05) is 48.5 Å². The van der Waals surface area contributed by atoms with Gasteiger partial charge in [-0.15, -0.1) is 0 Å². The van der Waals surface area contributed by atoms with E-state index in [0.29, 0.717) is 16.2 Å². The Labute approximate surface area is 90.5 Å². The predicted molar refractivity (Wildman–Crippen MR) is 64.4 cm³/mol. The van der Waals surface area contributed by atoms with Crippen LogP contribution in [0.2, 0.25) is 0 Å². The average molecular weight is 196 g/mol. The molecule has 0 N–H and O–H groups in total. The second-order valence-corrected chi connectivity index (χ2v) is 7.40. The molecule has 1 fully saturated rings. The molecule has 1 rings (SSSR count). The van der Waals surface area contributed by atoms with E-state index in [0.717, 1.165) is 5.92 Å². The summed E-state index contributed by atoms with van der Waals surface area (Å²) in [7, 11) is 0. The Morgan fingerprint density at radius 1 is 1.00 bits per heavy atom. The number of hydrogen-bond donors (Lipinski definition) is 0. The minimum atomic E-state index is 0.456. The third-order valence-electron chi connectivity index (χ3n) is 5.22. The molecule has 0 amide bonds. The van der Waals surface area contributed by atoms with Crippen LogP contribution in [0.4, 0.5) is 0 Å². The monoisotopic (exact) mass is 196 g/mol. The molecular weight excluding hydrogens is 168 g/mol. The molecule has 84 valence electrons. The van der Waals surface area contributed by atoms with E-state index in [1.807, 2.05) is 0 Å². The van der Waals surface area contributed by atoms with E-state index >= 15 is 0 Å². The van der Waals surface area contributed by atoms with Gasteiger partial charge in [0.2, 0.25) is 0 Å². The lowest BCUT2D eigenvalue weighted by atomic mass is 9.53. The third-order valence-corrected chi connectivity index (χ3v) is 5.22. The SMILES string of the molecule is CC1CC(C)(C(C)(C)C)CCC1(C)C. The molecule has 0 aliphatic heterocycles. The van der Waals surface area contributed by atoms with Gasteiger partial charge in [0.15, 0.2) is 0 Å². The van der Waals surface area contributed by atoms with E-state index in [1.54, 1.807) is 0 Å². The second-order valence-electron chi connectivity index (χ2n) is 7.40. The molecule has 0 bridgehead atoms. The molecule has 0 aromatic heterocycles. The summed E-state index contributed by atoms with van der Waals surface area (Å²) in [6.07, 6.45) is 4.18. The Balaban J connectivity index is 2.81. The van der Waals surface area contributed by atoms with Gasteiger partial charge in [0.05, 0.1) is 0 Å². The van der Waals surface area contributed by atoms with Crippen molar-refractivity contribution in [2.24, 2.45) is 22.2 Å². The molecule has 1 aliphatic rings. The second kappa shape index (κ2) is 3.25. The summed E-state index contributed by atoms with van der Waals surface area (Å²) in [4.78, 5) is 0. The minimum absolute atomic E-state index is 0.456. The first kappa shape index (κ1) is 12.1. The van der Waals surface area contributed by atoms with Crippen molar-refractivity contribution in [2.45, 2.75) is 67.7 Å². The lowest BCUT2D eigenvalue weighted by Crippen LogP contribution is -2.42. The van der Waals surface area contributed by atoms with Crippen LogP contribution in [0.3, 0.4) is 0 Å². The summed E-state index contributed by atoms with van der Waals surface area (Å²) >= 11 is 0. The first-order valence-corrected chi connectivity index (χ1v) is 6.08. The van der Waals surface area contributed by atoms with Crippen LogP contribution in [-0.2, 0) is 0 Å². The molecule has 0 heteroatoms. The molecule has 1 saturated carbocycles. The molecule has 14 heavy (non-hydrogen) atoms. The number of rotatable bonds is 0. The van der Waals surface area contributed by atoms with Crippen molar-refractivity contribution < 1.29 is 0 Å². The molecule has 0 aromatic carbocycles. The molecule has 1 aliphatic carbocycles. The Hall–Kier alpha value is 0. The van der Waals surface area contributed by atoms with Gasteiger partial charge in [0, 0.05) is 0 Å². The first-order chi connectivity index (χ1) is 6.08. The van der Waals surface area contributed by atoms with Gasteiger partial charge in [-0.05, 0) is 41.4 Å². The summed E-state index contributed by atoms with van der Waals surface area (Å²) in [5.41, 5.74) is 1.56. The van der Waals surface area contributed by atoms with Crippen molar-refractivity contribution in [1.82, 2.24) is 0 Å². The maximum atomic E-state index is 2.48. The van der Waals surface area contributed by atoms with Crippen LogP contribution in [0.5, 0.6) is 0 Å². The number of hydrogen-bond acceptors (Lipinski definition) is 0. The van der Waals surface area contributed by atoms with Crippen molar-refractivity contribution in [2.75, 3.05) is 0 Å². The van der Waals surface area contributed by atoms with E-state index in [9.17, 15) is 0 Å². The molecule has 0 aromatic rings. The summed E-state index contributed by atoms with van der Waals surface area (Å²) < 4.78 is 0. The van der Waals surface area contributed by atoms with Gasteiger partial charge < -0.3 is 0 Å². The molecule has 0 spiro atoms. The van der Waals surface area contributed by atoms with Crippen molar-refractivity contribution in [3.05, 3.63) is 0 Å². The summed E-state index contributed by atoms with van der Waals surface area (Å²) in [5.74, 6) is 0.862. The average Bonchev–Trinajstić information content (AvgIpc) is 1.96. The zero-order chi connectivity index (χ0) is 11.2. The van der Waals surface area contributed by atoms with Crippen LogP contribution in [-0.4, -0.2) is 0 Å². The van der Waals surface area contributed by atoms with Gasteiger partial charge in [0.1, 0.15) is 0 Å². The Morgan fingerprint density at radius 3 is 1.86 bits per heavy atom. The third kappa shape index (κ3) is 1.99. The van der Waals surface area contributed by atoms with Crippen LogP contribution in [0.1, 0.15) is 67.7 Å². The molecular formula is C14H28. The molecule has 0 radical (unpaired) electrons. The smallest absolute Gasteiger partial charge is 0.0274 e. The van der Waals surface area contributed by atoms with Gasteiger partial charge in [0.25, 0.3) is 0 Å². The van der Waals surface area contributed by atoms with Crippen molar-refractivity contribution >= 4 is 0 Å². The quantitative estimate of drug-likeness (QED) is 0.518. The van der Waals surface area contributed by atoms with Gasteiger partial charge in [-0.2, -0.15) is 0 Å². The van der Waals surface area contributed by atoms with E-state index < -0.39 is 0 Å². The standard InChI is InChI=1S/C14H28/c1-11-10-14(7,12(2,3)4)9-8-13(11,5)6/h11H,8-10H2,1-7H3. The van der Waals surface area contributed by atoms with Gasteiger partial charge in [-0.3, -0.25) is 0 Å². The first-order valence-electron chi connectivity index (χ1n) is 6.08. The summed E-state index contributed by atoms with van der Waals surface area (Å²) in [6.45, 7) is 17.0. The highest BCUT2D eigenvalue weighted by Crippen LogP contribution is 2.55. The van der Waals surface area contributed by atoms with Crippen LogP contribution >= 0.6 is 0 Å². The Bertz CT molecular complexity index is 207. The minimum Gasteiger partial charge on any atom is -0.0620 e. The highest BCUT2D eigenvalue weighted by Gasteiger charge is 2.45. The van der Waals surface area contributed by atoms with Crippen molar-refractivity contribution in [3.8, 4) is 0 Å². The van der Waals surface area contributed by atoms with Crippen LogP contribution < -0.4 is 0 Å². The normalized spacial score (nSPS) is 38.4. The Morgan fingerprint density at radius 2 is 1.50 bits per heavy atom. The van der Waals surface area contributed by atoms with Gasteiger partial charge in [-0.25, -0.2) is 0 Å². The lowest BCUT2D eigenvalue weighted by molar-refractivity contribution is -0.0192. The molecule has 2 atom stereocenters. The van der Waals surface area contributed by atoms with Gasteiger partial charge >= 0.3 is 0 Å². The van der Waals surface area contributed by atoms with Crippen LogP contribution in [0, 0.1) is 22.2 Å². The zero-order valence-electron chi connectivity index (χ0n) is 11.2. The summed E-state index contributed by atoms with van der Waals surface area (Å²) in [5, 5.41) is 0. The van der Waals surface area contributed by atoms with E-state index in [2.05, 4.69) is 48.5 Å². The Kier molecular flexibility index (Phi) is 2.80. The molecule has 0 heterocycles. The van der Waals surface area contributed by atoms with Crippen molar-refractivity contribution in [1.29, 1.82) is 0 Å². The highest BCUT2D eigenvalue weighted by atomic mass is 14.5. The lowest BCUT2D eigenvalue weighted by Gasteiger charge is -2.52. The fourth-order valence-corrected chi connectivity index (χ4v) is 2.58.